The molecule has 2 bridgehead atoms. The van der Waals surface area contributed by atoms with Gasteiger partial charge in [0.15, 0.2) is 0 Å². The van der Waals surface area contributed by atoms with Gasteiger partial charge < -0.3 is 10.2 Å². The molecule has 1 heterocycles. The van der Waals surface area contributed by atoms with Gasteiger partial charge >= 0.3 is 0 Å². The monoisotopic (exact) mass is 402 g/mol. The Kier molecular flexibility index (Phi) is 2.99. The number of imide groups is 1. The highest BCUT2D eigenvalue weighted by molar-refractivity contribution is 9.10. The molecule has 128 valence electrons. The molecule has 1 saturated heterocycles. The summed E-state index contributed by atoms with van der Waals surface area (Å²) in [5.74, 6) is 0.0808. The van der Waals surface area contributed by atoms with Crippen LogP contribution < -0.4 is 0 Å². The van der Waals surface area contributed by atoms with Gasteiger partial charge in [0.05, 0.1) is 22.5 Å². The SMILES string of the molecule is O=C1[C@H]2[C@@H]3C=C[C@H]([C@H]4C[C@H]34)[C@@H]2C(=O)N1/N=C/c1cc(Br)c(O)cc1O. The number of rotatable bonds is 2. The Bertz CT molecular complexity index is 844. The van der Waals surface area contributed by atoms with Gasteiger partial charge in [0.25, 0.3) is 11.8 Å². The molecule has 1 aliphatic heterocycles. The zero-order chi connectivity index (χ0) is 17.5. The van der Waals surface area contributed by atoms with Crippen molar-refractivity contribution in [1.29, 1.82) is 0 Å². The first kappa shape index (κ1) is 15.1. The van der Waals surface area contributed by atoms with Crippen LogP contribution in [-0.4, -0.2) is 33.3 Å². The smallest absolute Gasteiger partial charge is 0.254 e. The average Bonchev–Trinajstić information content (AvgIpc) is 3.36. The number of phenols is 2. The molecule has 0 unspecified atom stereocenters. The molecule has 1 aromatic rings. The highest BCUT2D eigenvalue weighted by atomic mass is 79.9. The van der Waals surface area contributed by atoms with Crippen LogP contribution in [0.15, 0.2) is 33.9 Å². The fourth-order valence-electron chi connectivity index (χ4n) is 4.84. The maximum Gasteiger partial charge on any atom is 0.254 e. The van der Waals surface area contributed by atoms with E-state index in [4.69, 9.17) is 0 Å². The summed E-state index contributed by atoms with van der Waals surface area (Å²) < 4.78 is 0.391. The van der Waals surface area contributed by atoms with Crippen molar-refractivity contribution in [2.24, 2.45) is 40.6 Å². The van der Waals surface area contributed by atoms with E-state index in [9.17, 15) is 19.8 Å². The zero-order valence-electron chi connectivity index (χ0n) is 13.0. The molecule has 6 nitrogen and oxygen atoms in total. The molecule has 5 aliphatic rings. The quantitative estimate of drug-likeness (QED) is 0.450. The van der Waals surface area contributed by atoms with Crippen LogP contribution in [0, 0.1) is 35.5 Å². The predicted molar refractivity (Wildman–Crippen MR) is 91.6 cm³/mol. The molecule has 2 N–H and O–H groups in total. The van der Waals surface area contributed by atoms with Crippen molar-refractivity contribution in [3.63, 3.8) is 0 Å². The molecule has 3 fully saturated rings. The van der Waals surface area contributed by atoms with Crippen molar-refractivity contribution < 1.29 is 19.8 Å². The first-order valence-corrected chi connectivity index (χ1v) is 9.08. The van der Waals surface area contributed by atoms with Crippen molar-refractivity contribution in [3.05, 3.63) is 34.3 Å². The Hall–Kier alpha value is -2.15. The first-order valence-electron chi connectivity index (χ1n) is 8.29. The Morgan fingerprint density at radius 1 is 1.04 bits per heavy atom. The molecular formula is C18H15BrN2O4. The lowest BCUT2D eigenvalue weighted by molar-refractivity contribution is -0.140. The van der Waals surface area contributed by atoms with Crippen molar-refractivity contribution in [2.45, 2.75) is 6.42 Å². The Labute approximate surface area is 152 Å². The number of hydrogen-bond donors (Lipinski definition) is 2. The third-order valence-corrected chi connectivity index (χ3v) is 6.68. The fraction of sp³-hybridized carbons (Fsp3) is 0.389. The van der Waals surface area contributed by atoms with Gasteiger partial charge in [-0.3, -0.25) is 9.59 Å². The number of halogens is 1. The number of hydrogen-bond acceptors (Lipinski definition) is 5. The van der Waals surface area contributed by atoms with Gasteiger partial charge in [-0.05, 0) is 52.1 Å². The number of allylic oxidation sites excluding steroid dienone is 2. The molecule has 1 aromatic carbocycles. The van der Waals surface area contributed by atoms with Gasteiger partial charge in [-0.1, -0.05) is 12.2 Å². The van der Waals surface area contributed by atoms with Crippen LogP contribution in [0.25, 0.3) is 0 Å². The molecule has 0 spiro atoms. The van der Waals surface area contributed by atoms with Gasteiger partial charge in [-0.25, -0.2) is 0 Å². The van der Waals surface area contributed by atoms with Gasteiger partial charge in [0.1, 0.15) is 11.5 Å². The van der Waals surface area contributed by atoms with Gasteiger partial charge in [-0.2, -0.15) is 10.1 Å². The zero-order valence-corrected chi connectivity index (χ0v) is 14.6. The number of phenolic OH excluding ortho intramolecular Hbond substituents is 2. The van der Waals surface area contributed by atoms with E-state index < -0.39 is 0 Å². The number of benzene rings is 1. The van der Waals surface area contributed by atoms with E-state index in [2.05, 4.69) is 33.2 Å². The van der Waals surface area contributed by atoms with E-state index in [1.807, 2.05) is 0 Å². The summed E-state index contributed by atoms with van der Waals surface area (Å²) in [5, 5.41) is 24.5. The van der Waals surface area contributed by atoms with Crippen LogP contribution >= 0.6 is 15.9 Å². The van der Waals surface area contributed by atoms with Crippen LogP contribution in [0.2, 0.25) is 0 Å². The summed E-state index contributed by atoms with van der Waals surface area (Å²) in [6.07, 6.45) is 6.62. The maximum absolute atomic E-state index is 12.8. The molecule has 6 rings (SSSR count). The summed E-state index contributed by atoms with van der Waals surface area (Å²) >= 11 is 3.16. The van der Waals surface area contributed by atoms with Gasteiger partial charge in [0, 0.05) is 11.6 Å². The van der Waals surface area contributed by atoms with E-state index in [0.29, 0.717) is 21.9 Å². The predicted octanol–water partition coefficient (Wildman–Crippen LogP) is 2.25. The molecule has 4 aliphatic carbocycles. The molecule has 0 aromatic heterocycles. The van der Waals surface area contributed by atoms with Crippen molar-refractivity contribution in [3.8, 4) is 11.5 Å². The highest BCUT2D eigenvalue weighted by Gasteiger charge is 2.67. The van der Waals surface area contributed by atoms with Gasteiger partial charge in [-0.15, -0.1) is 0 Å². The van der Waals surface area contributed by atoms with Crippen LogP contribution in [0.3, 0.4) is 0 Å². The lowest BCUT2D eigenvalue weighted by atomic mass is 9.63. The largest absolute Gasteiger partial charge is 0.507 e. The van der Waals surface area contributed by atoms with Crippen molar-refractivity contribution >= 4 is 34.0 Å². The summed E-state index contributed by atoms with van der Waals surface area (Å²) in [6.45, 7) is 0. The summed E-state index contributed by atoms with van der Waals surface area (Å²) in [5.41, 5.74) is 0.309. The number of aromatic hydroxyl groups is 2. The summed E-state index contributed by atoms with van der Waals surface area (Å²) in [6, 6.07) is 2.66. The minimum absolute atomic E-state index is 0.101. The molecular weight excluding hydrogens is 388 g/mol. The third-order valence-electron chi connectivity index (χ3n) is 6.05. The van der Waals surface area contributed by atoms with Crippen molar-refractivity contribution in [1.82, 2.24) is 5.01 Å². The number of carbonyl (C=O) groups excluding carboxylic acids is 2. The number of hydrazone groups is 1. The third kappa shape index (κ3) is 1.99. The van der Waals surface area contributed by atoms with E-state index in [0.717, 1.165) is 11.4 Å². The topological polar surface area (TPSA) is 90.2 Å². The van der Waals surface area contributed by atoms with E-state index >= 15 is 0 Å². The lowest BCUT2D eigenvalue weighted by Crippen LogP contribution is -2.40. The van der Waals surface area contributed by atoms with Crippen LogP contribution in [0.4, 0.5) is 0 Å². The molecule has 2 amide bonds. The number of nitrogens with zero attached hydrogens (tertiary/aromatic N) is 2. The molecule has 0 radical (unpaired) electrons. The Morgan fingerprint density at radius 2 is 1.64 bits per heavy atom. The standard InChI is InChI=1S/C18H15BrN2O4/c19-12-3-7(13(22)5-14(12)23)6-20-21-17(24)15-8-1-2-9(11-4-10(8)11)16(15)18(21)25/h1-3,5-6,8-11,15-16,22-23H,4H2/b20-6+/t8-,9-,10-,11-,15+,16+/m1/s1. The molecule has 25 heavy (non-hydrogen) atoms. The first-order chi connectivity index (χ1) is 12.0. The summed E-state index contributed by atoms with van der Waals surface area (Å²) in [7, 11) is 0. The van der Waals surface area contributed by atoms with Crippen molar-refractivity contribution in [2.75, 3.05) is 0 Å². The number of carbonyl (C=O) groups is 2. The van der Waals surface area contributed by atoms with Crippen LogP contribution in [-0.2, 0) is 9.59 Å². The fourth-order valence-corrected chi connectivity index (χ4v) is 5.21. The minimum atomic E-state index is -0.288. The lowest BCUT2D eigenvalue weighted by Gasteiger charge is -2.37. The van der Waals surface area contributed by atoms with Gasteiger partial charge in [0.2, 0.25) is 0 Å². The van der Waals surface area contributed by atoms with E-state index in [1.165, 1.54) is 18.3 Å². The summed E-state index contributed by atoms with van der Waals surface area (Å²) in [4.78, 5) is 25.6. The van der Waals surface area contributed by atoms with E-state index in [1.54, 1.807) is 0 Å². The Morgan fingerprint density at radius 3 is 2.24 bits per heavy atom. The average molecular weight is 403 g/mol. The minimum Gasteiger partial charge on any atom is -0.507 e. The number of amides is 2. The second kappa shape index (κ2) is 4.94. The van der Waals surface area contributed by atoms with Crippen LogP contribution in [0.1, 0.15) is 12.0 Å². The Balaban J connectivity index is 1.46. The highest BCUT2D eigenvalue weighted by Crippen LogP contribution is 2.65. The second-order valence-electron chi connectivity index (χ2n) is 7.25. The molecule has 2 saturated carbocycles. The van der Waals surface area contributed by atoms with E-state index in [-0.39, 0.29) is 47.0 Å². The maximum atomic E-state index is 12.8. The van der Waals surface area contributed by atoms with Crippen LogP contribution in [0.5, 0.6) is 11.5 Å². The second-order valence-corrected chi connectivity index (χ2v) is 8.10. The normalized spacial score (nSPS) is 37.7. The molecule has 7 heteroatoms. The molecule has 6 atom stereocenters.